The van der Waals surface area contributed by atoms with E-state index in [1.54, 1.807) is 0 Å². The topological polar surface area (TPSA) is 58.2 Å². The van der Waals surface area contributed by atoms with Gasteiger partial charge in [-0.15, -0.1) is 48.2 Å². The molecule has 0 saturated carbocycles. The largest absolute Gasteiger partial charge is 4.00 e. The maximum atomic E-state index is 13.3. The molecular weight excluding hydrogens is 664 g/mol. The molecule has 0 unspecified atom stereocenters. The van der Waals surface area contributed by atoms with Crippen LogP contribution in [0.15, 0.2) is 60.7 Å². The molecule has 2 N–H and O–H groups in total. The van der Waals surface area contributed by atoms with Crippen LogP contribution >= 0.6 is 0 Å². The van der Waals surface area contributed by atoms with E-state index in [4.69, 9.17) is 0 Å². The van der Waals surface area contributed by atoms with Crippen LogP contribution in [0.2, 0.25) is 0 Å². The van der Waals surface area contributed by atoms with E-state index < -0.39 is 34.1 Å². The third-order valence-electron chi connectivity index (χ3n) is 6.73. The molecular formula is C40H50F4N2O2Ti. The third kappa shape index (κ3) is 22.2. The second-order valence-corrected chi connectivity index (χ2v) is 13.2. The number of allylic oxidation sites excluding steroid dienone is 8. The minimum atomic E-state index is -0.682. The van der Waals surface area contributed by atoms with Gasteiger partial charge in [0.05, 0.1) is 0 Å². The molecule has 0 radical (unpaired) electrons. The first-order valence-electron chi connectivity index (χ1n) is 16.3. The molecule has 2 aromatic rings. The molecule has 0 aromatic heterocycles. The minimum Gasteiger partial charge on any atom is -0.356 e. The number of nitrogens with one attached hydrogen (secondary N) is 2. The van der Waals surface area contributed by atoms with E-state index in [0.717, 1.165) is 38.5 Å². The summed E-state index contributed by atoms with van der Waals surface area (Å²) in [4.78, 5) is 23.1. The predicted octanol–water partition coefficient (Wildman–Crippen LogP) is 9.11. The minimum absolute atomic E-state index is 0. The van der Waals surface area contributed by atoms with Crippen molar-refractivity contribution < 1.29 is 48.9 Å². The summed E-state index contributed by atoms with van der Waals surface area (Å²) in [5.41, 5.74) is 0.142. The maximum absolute atomic E-state index is 13.3. The van der Waals surface area contributed by atoms with Gasteiger partial charge >= 0.3 is 21.7 Å². The van der Waals surface area contributed by atoms with Crippen LogP contribution in [0.25, 0.3) is 0 Å². The first-order chi connectivity index (χ1) is 22.6. The van der Waals surface area contributed by atoms with E-state index in [1.807, 2.05) is 78.0 Å². The summed E-state index contributed by atoms with van der Waals surface area (Å²) in [5, 5.41) is 5.66. The predicted molar refractivity (Wildman–Crippen MR) is 184 cm³/mol. The second kappa shape index (κ2) is 24.8. The number of rotatable bonds is 10. The summed E-state index contributed by atoms with van der Waals surface area (Å²) in [5.74, 6) is -2.60. The van der Waals surface area contributed by atoms with Crippen molar-refractivity contribution in [3.63, 3.8) is 0 Å². The van der Waals surface area contributed by atoms with Gasteiger partial charge in [-0.2, -0.15) is 24.3 Å². The molecule has 2 aliphatic carbocycles. The second-order valence-electron chi connectivity index (χ2n) is 13.2. The molecule has 0 atom stereocenters. The van der Waals surface area contributed by atoms with Gasteiger partial charge in [0.2, 0.25) is 11.8 Å². The Hall–Kier alpha value is -3.23. The average molecular weight is 715 g/mol. The number of carbonyl (C=O) groups excluding carboxylic acids is 2. The molecule has 0 saturated heterocycles. The summed E-state index contributed by atoms with van der Waals surface area (Å²) in [6.07, 6.45) is 24.0. The van der Waals surface area contributed by atoms with Crippen molar-refractivity contribution in [2.75, 3.05) is 13.1 Å². The standard InChI is InChI=1S/2C15H20F2NO.2C5H5.Ti/c2*1-15(2,3)14(19)18-9-5-4-6-11-7-8-12(16)10-13(11)17;2*1-2-4-5-3-1;/h2*7-8H,4-6,9H2,1-3H3,(H,18,19);2*1-3H,4H2;/q4*-1;+4. The van der Waals surface area contributed by atoms with Crippen molar-refractivity contribution in [2.24, 2.45) is 10.8 Å². The zero-order valence-electron chi connectivity index (χ0n) is 29.7. The van der Waals surface area contributed by atoms with E-state index in [9.17, 15) is 27.2 Å². The van der Waals surface area contributed by atoms with E-state index in [0.29, 0.717) is 37.1 Å². The third-order valence-corrected chi connectivity index (χ3v) is 6.73. The van der Waals surface area contributed by atoms with Crippen LogP contribution in [0.1, 0.15) is 91.2 Å². The number of benzene rings is 2. The average Bonchev–Trinajstić information content (AvgIpc) is 3.78. The van der Waals surface area contributed by atoms with Gasteiger partial charge in [-0.05, 0) is 12.8 Å². The van der Waals surface area contributed by atoms with Crippen molar-refractivity contribution in [1.29, 1.82) is 0 Å². The van der Waals surface area contributed by atoms with Crippen LogP contribution in [0, 0.1) is 58.4 Å². The van der Waals surface area contributed by atoms with E-state index >= 15 is 0 Å². The molecule has 4 nitrogen and oxygen atoms in total. The van der Waals surface area contributed by atoms with Gasteiger partial charge in [-0.1, -0.05) is 67.2 Å². The van der Waals surface area contributed by atoms with Gasteiger partial charge in [-0.3, -0.25) is 21.7 Å². The van der Waals surface area contributed by atoms with Crippen molar-refractivity contribution in [3.8, 4) is 0 Å². The Morgan fingerprint density at radius 1 is 0.633 bits per heavy atom. The number of hydrogen-bond acceptors (Lipinski definition) is 2. The SMILES string of the molecule is CC(C)(C)C(=O)NCCCCc1ccc(F)[c-]c1F.CC(C)(C)C(=O)NCCCCc1ccc(F)[c-]c1F.[C-]1=CC=CC1.[C-]1=CC=CC1.[Ti+4]. The van der Waals surface area contributed by atoms with Crippen molar-refractivity contribution in [1.82, 2.24) is 10.6 Å². The monoisotopic (exact) mass is 714 g/mol. The molecule has 0 fully saturated rings. The van der Waals surface area contributed by atoms with Gasteiger partial charge in [-0.25, -0.2) is 41.9 Å². The van der Waals surface area contributed by atoms with Crippen LogP contribution in [0.3, 0.4) is 0 Å². The van der Waals surface area contributed by atoms with Crippen molar-refractivity contribution in [3.05, 3.63) is 119 Å². The molecule has 264 valence electrons. The van der Waals surface area contributed by atoms with E-state index in [-0.39, 0.29) is 33.5 Å². The zero-order chi connectivity index (χ0) is 36.0. The first-order valence-corrected chi connectivity index (χ1v) is 16.3. The van der Waals surface area contributed by atoms with Crippen LogP contribution in [-0.4, -0.2) is 24.9 Å². The molecule has 49 heavy (non-hydrogen) atoms. The summed E-state index contributed by atoms with van der Waals surface area (Å²) < 4.78 is 51.9. The Morgan fingerprint density at radius 3 is 1.24 bits per heavy atom. The van der Waals surface area contributed by atoms with Gasteiger partial charge in [0.15, 0.2) is 0 Å². The van der Waals surface area contributed by atoms with Gasteiger partial charge in [0, 0.05) is 47.2 Å². The Kier molecular flexibility index (Phi) is 23.2. The Balaban J connectivity index is 0.000000717. The van der Waals surface area contributed by atoms with Gasteiger partial charge < -0.3 is 10.6 Å². The fraction of sp³-hybridized carbons (Fsp3) is 0.450. The van der Waals surface area contributed by atoms with Crippen molar-refractivity contribution in [2.45, 2.75) is 92.9 Å². The smallest absolute Gasteiger partial charge is 0.356 e. The van der Waals surface area contributed by atoms with Gasteiger partial charge in [0.1, 0.15) is 0 Å². The number of amides is 2. The Morgan fingerprint density at radius 2 is 1.00 bits per heavy atom. The molecule has 2 aromatic carbocycles. The summed E-state index contributed by atoms with van der Waals surface area (Å²) in [7, 11) is 0. The summed E-state index contributed by atoms with van der Waals surface area (Å²) in [6.45, 7) is 12.3. The fourth-order valence-corrected chi connectivity index (χ4v) is 3.83. The molecule has 0 bridgehead atoms. The molecule has 9 heteroatoms. The quantitative estimate of drug-likeness (QED) is 0.112. The molecule has 4 rings (SSSR count). The summed E-state index contributed by atoms with van der Waals surface area (Å²) in [6, 6.07) is 9.32. The normalized spacial score (nSPS) is 12.4. The van der Waals surface area contributed by atoms with Crippen LogP contribution in [0.5, 0.6) is 0 Å². The fourth-order valence-electron chi connectivity index (χ4n) is 3.83. The molecule has 0 heterocycles. The van der Waals surface area contributed by atoms with Crippen LogP contribution in [-0.2, 0) is 44.1 Å². The Labute approximate surface area is 306 Å². The number of carbonyl (C=O) groups is 2. The van der Waals surface area contributed by atoms with Crippen molar-refractivity contribution >= 4 is 11.8 Å². The Bertz CT molecular complexity index is 1260. The molecule has 2 aliphatic rings. The maximum Gasteiger partial charge on any atom is 4.00 e. The number of unbranched alkanes of at least 4 members (excludes halogenated alkanes) is 2. The number of hydrogen-bond donors (Lipinski definition) is 2. The molecule has 0 aliphatic heterocycles. The summed E-state index contributed by atoms with van der Waals surface area (Å²) >= 11 is 0. The number of aryl methyl sites for hydroxylation is 2. The molecule has 2 amide bonds. The van der Waals surface area contributed by atoms with Crippen LogP contribution in [0.4, 0.5) is 17.6 Å². The number of halogens is 4. The molecule has 0 spiro atoms. The van der Waals surface area contributed by atoms with Crippen LogP contribution < -0.4 is 10.6 Å². The van der Waals surface area contributed by atoms with E-state index in [2.05, 4.69) is 34.9 Å². The zero-order valence-corrected chi connectivity index (χ0v) is 31.2. The van der Waals surface area contributed by atoms with E-state index in [1.165, 1.54) is 24.3 Å². The first kappa shape index (κ1) is 45.8. The van der Waals surface area contributed by atoms with Gasteiger partial charge in [0.25, 0.3) is 0 Å².